The molecule has 0 spiro atoms. The van der Waals surface area contributed by atoms with E-state index >= 15 is 0 Å². The van der Waals surface area contributed by atoms with Gasteiger partial charge in [-0.2, -0.15) is 0 Å². The van der Waals surface area contributed by atoms with Crippen molar-refractivity contribution in [1.29, 1.82) is 15.8 Å². The highest BCUT2D eigenvalue weighted by Crippen LogP contribution is 1.95. The van der Waals surface area contributed by atoms with Gasteiger partial charge in [0.2, 0.25) is 0 Å². The fourth-order valence-corrected chi connectivity index (χ4v) is 0.245. The van der Waals surface area contributed by atoms with E-state index in [-0.39, 0.29) is 0 Å². The number of rotatable bonds is 1. The number of nitrogens with zero attached hydrogens (tertiary/aromatic N) is 3. The summed E-state index contributed by atoms with van der Waals surface area (Å²) in [4.78, 5) is 0. The predicted molar refractivity (Wildman–Crippen MR) is 29.6 cm³/mol. The molecule has 44 valence electrons. The van der Waals surface area contributed by atoms with Crippen LogP contribution in [0.4, 0.5) is 0 Å². The fraction of sp³-hybridized carbons (Fsp3) is 0.250. The van der Waals surface area contributed by atoms with Crippen LogP contribution >= 0.6 is 0 Å². The fourth-order valence-electron chi connectivity index (χ4n) is 0.245. The lowest BCUT2D eigenvalue weighted by atomic mass is 9.45. The highest BCUT2D eigenvalue weighted by molar-refractivity contribution is 6.94. The SMILES string of the molecule is CO[B-](C#N)(C#N)C#N. The second-order valence-electron chi connectivity index (χ2n) is 1.41. The Hall–Kier alpha value is -1.51. The molecule has 0 aliphatic carbocycles. The molecule has 0 bridgehead atoms. The van der Waals surface area contributed by atoms with E-state index in [1.54, 1.807) is 0 Å². The monoisotopic (exact) mass is 120 g/mol. The normalized spacial score (nSPS) is 8.67. The Kier molecular flexibility index (Phi) is 2.26. The molecule has 0 amide bonds. The smallest absolute Gasteiger partial charge is 0.408 e. The number of hydrogen-bond donors (Lipinski definition) is 0. The zero-order valence-electron chi connectivity index (χ0n) is 4.83. The Balaban J connectivity index is 4.54. The van der Waals surface area contributed by atoms with Gasteiger partial charge in [0, 0.05) is 0 Å². The summed E-state index contributed by atoms with van der Waals surface area (Å²) in [6.45, 7) is 0. The molecule has 9 heavy (non-hydrogen) atoms. The van der Waals surface area contributed by atoms with Crippen molar-refractivity contribution < 1.29 is 4.65 Å². The molecule has 0 N–H and O–H groups in total. The van der Waals surface area contributed by atoms with E-state index in [0.717, 1.165) is 7.11 Å². The van der Waals surface area contributed by atoms with Gasteiger partial charge in [-0.3, -0.25) is 0 Å². The molecule has 0 radical (unpaired) electrons. The van der Waals surface area contributed by atoms with E-state index in [9.17, 15) is 0 Å². The van der Waals surface area contributed by atoms with E-state index in [1.807, 2.05) is 0 Å². The van der Waals surface area contributed by atoms with Crippen molar-refractivity contribution in [1.82, 2.24) is 0 Å². The predicted octanol–water partition coefficient (Wildman–Crippen LogP) is -0.233. The van der Waals surface area contributed by atoms with E-state index in [4.69, 9.17) is 15.8 Å². The molecule has 0 heterocycles. The summed E-state index contributed by atoms with van der Waals surface area (Å²) in [6, 6.07) is 0. The maximum atomic E-state index is 8.18. The molecule has 0 aliphatic heterocycles. The molecule has 0 atom stereocenters. The van der Waals surface area contributed by atoms with Crippen LogP contribution < -0.4 is 0 Å². The quantitative estimate of drug-likeness (QED) is 0.447. The van der Waals surface area contributed by atoms with E-state index < -0.39 is 6.35 Å². The molecule has 0 fully saturated rings. The van der Waals surface area contributed by atoms with Crippen molar-refractivity contribution in [2.45, 2.75) is 0 Å². The van der Waals surface area contributed by atoms with E-state index in [0.29, 0.717) is 0 Å². The standard InChI is InChI=1S/C4H3BN3O/c1-9-5(2-6,3-7)4-8/h1H3/q-1. The molecule has 0 saturated carbocycles. The summed E-state index contributed by atoms with van der Waals surface area (Å²) in [6.07, 6.45) is -2.53. The van der Waals surface area contributed by atoms with Crippen LogP contribution in [0.3, 0.4) is 0 Å². The molecule has 0 unspecified atom stereocenters. The Morgan fingerprint density at radius 1 is 1.11 bits per heavy atom. The third kappa shape index (κ3) is 1.19. The summed E-state index contributed by atoms with van der Waals surface area (Å²) in [5.74, 6) is 4.45. The van der Waals surface area contributed by atoms with Gasteiger partial charge in [0.25, 0.3) is 0 Å². The van der Waals surface area contributed by atoms with Crippen molar-refractivity contribution in [3.05, 3.63) is 0 Å². The van der Waals surface area contributed by atoms with Crippen LogP contribution in [0.5, 0.6) is 0 Å². The van der Waals surface area contributed by atoms with Crippen LogP contribution in [0.2, 0.25) is 0 Å². The van der Waals surface area contributed by atoms with Crippen molar-refractivity contribution in [2.75, 3.05) is 7.11 Å². The molecular formula is C4H3BN3O-. The second kappa shape index (κ2) is 2.72. The summed E-state index contributed by atoms with van der Waals surface area (Å²) in [7, 11) is 1.16. The second-order valence-corrected chi connectivity index (χ2v) is 1.41. The van der Waals surface area contributed by atoms with Crippen LogP contribution in [-0.4, -0.2) is 13.5 Å². The van der Waals surface area contributed by atoms with Gasteiger partial charge in [-0.1, -0.05) is 17.9 Å². The molecule has 0 aliphatic rings. The van der Waals surface area contributed by atoms with Crippen molar-refractivity contribution >= 4 is 6.35 Å². The zero-order chi connectivity index (χ0) is 7.33. The van der Waals surface area contributed by atoms with Crippen LogP contribution in [0.15, 0.2) is 0 Å². The number of nitriles is 3. The lowest BCUT2D eigenvalue weighted by molar-refractivity contribution is 0.428. The van der Waals surface area contributed by atoms with Gasteiger partial charge in [-0.15, -0.1) is 0 Å². The summed E-state index contributed by atoms with van der Waals surface area (Å²) in [5.41, 5.74) is 0. The van der Waals surface area contributed by atoms with Gasteiger partial charge >= 0.3 is 6.35 Å². The molecule has 0 aromatic heterocycles. The minimum absolute atomic E-state index is 1.16. The average Bonchev–Trinajstić information content (AvgIpc) is 1.95. The minimum atomic E-state index is -2.53. The van der Waals surface area contributed by atoms with Crippen LogP contribution in [0.25, 0.3) is 0 Å². The molecule has 0 aromatic carbocycles. The largest absolute Gasteiger partial charge is 0.559 e. The van der Waals surface area contributed by atoms with E-state index in [2.05, 4.69) is 4.65 Å². The average molecular weight is 120 g/mol. The number of hydrogen-bond acceptors (Lipinski definition) is 4. The van der Waals surface area contributed by atoms with Crippen molar-refractivity contribution in [3.63, 3.8) is 0 Å². The van der Waals surface area contributed by atoms with Gasteiger partial charge in [0.1, 0.15) is 0 Å². The Bertz CT molecular complexity index is 181. The first-order valence-electron chi connectivity index (χ1n) is 2.18. The van der Waals surface area contributed by atoms with Gasteiger partial charge in [0.15, 0.2) is 0 Å². The van der Waals surface area contributed by atoms with Gasteiger partial charge in [-0.25, -0.2) is 15.8 Å². The van der Waals surface area contributed by atoms with Crippen molar-refractivity contribution in [3.8, 4) is 17.9 Å². The molecule has 0 rings (SSSR count). The first-order valence-corrected chi connectivity index (χ1v) is 2.18. The van der Waals surface area contributed by atoms with Crippen LogP contribution in [0, 0.1) is 33.7 Å². The maximum Gasteiger partial charge on any atom is 0.408 e. The molecule has 0 saturated heterocycles. The first-order chi connectivity index (χ1) is 4.24. The summed E-state index contributed by atoms with van der Waals surface area (Å²) in [5, 5.41) is 24.6. The maximum absolute atomic E-state index is 8.18. The van der Waals surface area contributed by atoms with Gasteiger partial charge in [-0.05, 0) is 7.11 Å². The van der Waals surface area contributed by atoms with Crippen molar-refractivity contribution in [2.24, 2.45) is 0 Å². The highest BCUT2D eigenvalue weighted by Gasteiger charge is 2.22. The first kappa shape index (κ1) is 7.49. The Morgan fingerprint density at radius 3 is 1.44 bits per heavy atom. The highest BCUT2D eigenvalue weighted by atomic mass is 16.4. The zero-order valence-corrected chi connectivity index (χ0v) is 4.83. The minimum Gasteiger partial charge on any atom is -0.559 e. The van der Waals surface area contributed by atoms with Crippen LogP contribution in [0.1, 0.15) is 0 Å². The van der Waals surface area contributed by atoms with E-state index in [1.165, 1.54) is 17.9 Å². The Labute approximate surface area is 52.8 Å². The Morgan fingerprint density at radius 2 is 1.44 bits per heavy atom. The molecular weight excluding hydrogens is 117 g/mol. The third-order valence-electron chi connectivity index (χ3n) is 0.899. The summed E-state index contributed by atoms with van der Waals surface area (Å²) >= 11 is 0. The van der Waals surface area contributed by atoms with Crippen LogP contribution in [-0.2, 0) is 4.65 Å². The topological polar surface area (TPSA) is 80.6 Å². The van der Waals surface area contributed by atoms with Gasteiger partial charge in [0.05, 0.1) is 0 Å². The molecule has 4 nitrogen and oxygen atoms in total. The molecule has 0 aromatic rings. The lowest BCUT2D eigenvalue weighted by Crippen LogP contribution is -2.32. The summed E-state index contributed by atoms with van der Waals surface area (Å²) < 4.78 is 4.36. The van der Waals surface area contributed by atoms with Gasteiger partial charge < -0.3 is 4.65 Å². The third-order valence-corrected chi connectivity index (χ3v) is 0.899. The lowest BCUT2D eigenvalue weighted by Gasteiger charge is -2.12. The molecule has 5 heteroatoms.